The van der Waals surface area contributed by atoms with E-state index in [-0.39, 0.29) is 6.10 Å². The molecule has 2 saturated carbocycles. The van der Waals surface area contributed by atoms with Crippen molar-refractivity contribution in [2.24, 2.45) is 11.8 Å². The van der Waals surface area contributed by atoms with E-state index in [0.717, 1.165) is 24.8 Å². The summed E-state index contributed by atoms with van der Waals surface area (Å²) in [5.74, 6) is 1.76. The zero-order valence-electron chi connectivity index (χ0n) is 7.42. The van der Waals surface area contributed by atoms with Crippen LogP contribution in [-0.2, 0) is 0 Å². The van der Waals surface area contributed by atoms with Gasteiger partial charge in [-0.3, -0.25) is 0 Å². The van der Waals surface area contributed by atoms with Gasteiger partial charge in [0, 0.05) is 12.1 Å². The van der Waals surface area contributed by atoms with Crippen molar-refractivity contribution in [3.8, 4) is 0 Å². The van der Waals surface area contributed by atoms with Gasteiger partial charge in [0.25, 0.3) is 0 Å². The topological polar surface area (TPSA) is 32.3 Å². The summed E-state index contributed by atoms with van der Waals surface area (Å²) in [6, 6.07) is 0. The summed E-state index contributed by atoms with van der Waals surface area (Å²) >= 11 is 0. The molecule has 0 aromatic carbocycles. The van der Waals surface area contributed by atoms with Crippen molar-refractivity contribution in [3.05, 3.63) is 0 Å². The molecule has 2 nitrogen and oxygen atoms in total. The van der Waals surface area contributed by atoms with Crippen LogP contribution >= 0.6 is 0 Å². The second-order valence-electron chi connectivity index (χ2n) is 4.87. The van der Waals surface area contributed by atoms with Gasteiger partial charge >= 0.3 is 0 Å². The summed E-state index contributed by atoms with van der Waals surface area (Å²) in [4.78, 5) is 0. The average molecular weight is 167 g/mol. The first kappa shape index (κ1) is 7.34. The number of aliphatic hydroxyl groups excluding tert-OH is 1. The molecule has 1 heterocycles. The van der Waals surface area contributed by atoms with Crippen LogP contribution in [0.25, 0.3) is 0 Å². The number of hydrogen-bond acceptors (Lipinski definition) is 2. The van der Waals surface area contributed by atoms with E-state index in [0.29, 0.717) is 5.54 Å². The van der Waals surface area contributed by atoms with Crippen molar-refractivity contribution in [3.63, 3.8) is 0 Å². The average Bonchev–Trinajstić information content (AvgIpc) is 2.93. The minimum Gasteiger partial charge on any atom is -0.392 e. The Kier molecular flexibility index (Phi) is 1.37. The van der Waals surface area contributed by atoms with Crippen molar-refractivity contribution < 1.29 is 5.11 Å². The summed E-state index contributed by atoms with van der Waals surface area (Å²) in [5.41, 5.74) is 0.500. The fourth-order valence-corrected chi connectivity index (χ4v) is 2.88. The molecule has 2 unspecified atom stereocenters. The molecule has 2 atom stereocenters. The molecule has 12 heavy (non-hydrogen) atoms. The largest absolute Gasteiger partial charge is 0.392 e. The molecule has 3 fully saturated rings. The van der Waals surface area contributed by atoms with Crippen LogP contribution in [0.3, 0.4) is 0 Å². The van der Waals surface area contributed by atoms with Crippen LogP contribution in [0.1, 0.15) is 32.1 Å². The second-order valence-corrected chi connectivity index (χ2v) is 4.87. The van der Waals surface area contributed by atoms with Gasteiger partial charge in [0.05, 0.1) is 6.10 Å². The van der Waals surface area contributed by atoms with E-state index >= 15 is 0 Å². The lowest BCUT2D eigenvalue weighted by atomic mass is 9.83. The second kappa shape index (κ2) is 2.24. The molecule has 0 radical (unpaired) electrons. The van der Waals surface area contributed by atoms with Crippen molar-refractivity contribution in [1.29, 1.82) is 0 Å². The van der Waals surface area contributed by atoms with Crippen LogP contribution in [-0.4, -0.2) is 23.3 Å². The Balaban J connectivity index is 1.76. The lowest BCUT2D eigenvalue weighted by Crippen LogP contribution is -2.50. The molecule has 2 aliphatic carbocycles. The number of aliphatic hydroxyl groups is 1. The SMILES string of the molecule is OC1CNC2(CC2)C(C2CC2)C1. The minimum absolute atomic E-state index is 0.0678. The van der Waals surface area contributed by atoms with Gasteiger partial charge in [0.15, 0.2) is 0 Å². The maximum absolute atomic E-state index is 9.55. The third-order valence-electron chi connectivity index (χ3n) is 3.91. The Hall–Kier alpha value is -0.0800. The van der Waals surface area contributed by atoms with Gasteiger partial charge < -0.3 is 10.4 Å². The molecule has 1 aliphatic heterocycles. The summed E-state index contributed by atoms with van der Waals surface area (Å²) in [6.45, 7) is 0.837. The summed E-state index contributed by atoms with van der Waals surface area (Å²) in [7, 11) is 0. The van der Waals surface area contributed by atoms with Gasteiger partial charge in [-0.05, 0) is 43.9 Å². The molecular weight excluding hydrogens is 150 g/mol. The molecule has 0 aromatic rings. The molecule has 0 aromatic heterocycles. The Morgan fingerprint density at radius 3 is 2.58 bits per heavy atom. The molecule has 2 heteroatoms. The van der Waals surface area contributed by atoms with Gasteiger partial charge in [-0.2, -0.15) is 0 Å². The fourth-order valence-electron chi connectivity index (χ4n) is 2.88. The molecule has 1 saturated heterocycles. The highest BCUT2D eigenvalue weighted by Crippen LogP contribution is 2.55. The third-order valence-corrected chi connectivity index (χ3v) is 3.91. The van der Waals surface area contributed by atoms with Gasteiger partial charge in [-0.25, -0.2) is 0 Å². The van der Waals surface area contributed by atoms with Crippen molar-refractivity contribution in [2.45, 2.75) is 43.7 Å². The Morgan fingerprint density at radius 1 is 1.25 bits per heavy atom. The normalized spacial score (nSPS) is 44.8. The van der Waals surface area contributed by atoms with E-state index in [9.17, 15) is 5.11 Å². The first-order chi connectivity index (χ1) is 5.80. The van der Waals surface area contributed by atoms with E-state index in [1.54, 1.807) is 0 Å². The Bertz CT molecular complexity index is 196. The van der Waals surface area contributed by atoms with Crippen LogP contribution in [0.15, 0.2) is 0 Å². The molecule has 1 spiro atoms. The summed E-state index contributed by atoms with van der Waals surface area (Å²) in [5, 5.41) is 13.1. The predicted molar refractivity (Wildman–Crippen MR) is 46.8 cm³/mol. The molecular formula is C10H17NO. The van der Waals surface area contributed by atoms with E-state index in [2.05, 4.69) is 5.32 Å². The third kappa shape index (κ3) is 1.01. The highest BCUT2D eigenvalue weighted by atomic mass is 16.3. The first-order valence-corrected chi connectivity index (χ1v) is 5.23. The maximum atomic E-state index is 9.55. The van der Waals surface area contributed by atoms with Crippen LogP contribution in [0.2, 0.25) is 0 Å². The highest BCUT2D eigenvalue weighted by Gasteiger charge is 2.56. The minimum atomic E-state index is -0.0678. The van der Waals surface area contributed by atoms with E-state index in [1.165, 1.54) is 25.7 Å². The monoisotopic (exact) mass is 167 g/mol. The van der Waals surface area contributed by atoms with E-state index in [1.807, 2.05) is 0 Å². The standard InChI is InChI=1S/C10H17NO/c12-8-5-9(7-1-2-7)10(3-4-10)11-6-8/h7-9,11-12H,1-6H2. The molecule has 0 amide bonds. The number of piperidine rings is 1. The van der Waals surface area contributed by atoms with E-state index in [4.69, 9.17) is 0 Å². The summed E-state index contributed by atoms with van der Waals surface area (Å²) < 4.78 is 0. The van der Waals surface area contributed by atoms with Crippen LogP contribution in [0.4, 0.5) is 0 Å². The number of nitrogens with one attached hydrogen (secondary N) is 1. The number of rotatable bonds is 1. The zero-order chi connectivity index (χ0) is 8.18. The maximum Gasteiger partial charge on any atom is 0.0668 e. The van der Waals surface area contributed by atoms with Gasteiger partial charge in [-0.15, -0.1) is 0 Å². The molecule has 3 rings (SSSR count). The van der Waals surface area contributed by atoms with Crippen LogP contribution in [0, 0.1) is 11.8 Å². The zero-order valence-corrected chi connectivity index (χ0v) is 7.42. The van der Waals surface area contributed by atoms with Gasteiger partial charge in [-0.1, -0.05) is 0 Å². The lowest BCUT2D eigenvalue weighted by molar-refractivity contribution is 0.0738. The van der Waals surface area contributed by atoms with Crippen LogP contribution < -0.4 is 5.32 Å². The van der Waals surface area contributed by atoms with Crippen LogP contribution in [0.5, 0.6) is 0 Å². The van der Waals surface area contributed by atoms with Crippen molar-refractivity contribution >= 4 is 0 Å². The molecule has 0 bridgehead atoms. The van der Waals surface area contributed by atoms with Gasteiger partial charge in [0.2, 0.25) is 0 Å². The van der Waals surface area contributed by atoms with Gasteiger partial charge in [0.1, 0.15) is 0 Å². The summed E-state index contributed by atoms with van der Waals surface area (Å²) in [6.07, 6.45) is 6.56. The van der Waals surface area contributed by atoms with E-state index < -0.39 is 0 Å². The number of β-amino-alcohol motifs (C(OH)–C–C–N with tert-alkyl or cyclic N) is 1. The first-order valence-electron chi connectivity index (χ1n) is 5.23. The molecule has 2 N–H and O–H groups in total. The van der Waals surface area contributed by atoms with Crippen molar-refractivity contribution in [2.75, 3.05) is 6.54 Å². The fraction of sp³-hybridized carbons (Fsp3) is 1.00. The molecule has 3 aliphatic rings. The quantitative estimate of drug-likeness (QED) is 0.608. The molecule has 68 valence electrons. The Labute approximate surface area is 73.4 Å². The Morgan fingerprint density at radius 2 is 2.00 bits per heavy atom. The predicted octanol–water partition coefficient (Wildman–Crippen LogP) is 0.899. The highest BCUT2D eigenvalue weighted by molar-refractivity contribution is 5.13. The lowest BCUT2D eigenvalue weighted by Gasteiger charge is -2.36. The van der Waals surface area contributed by atoms with Crippen molar-refractivity contribution in [1.82, 2.24) is 5.32 Å². The smallest absolute Gasteiger partial charge is 0.0668 e. The number of hydrogen-bond donors (Lipinski definition) is 2.